The van der Waals surface area contributed by atoms with Gasteiger partial charge < -0.3 is 10.1 Å². The summed E-state index contributed by atoms with van der Waals surface area (Å²) in [5.41, 5.74) is 1.21. The Morgan fingerprint density at radius 1 is 1.56 bits per heavy atom. The smallest absolute Gasteiger partial charge is 0.159 e. The van der Waals surface area contributed by atoms with Crippen LogP contribution in [0.15, 0.2) is 6.20 Å². The zero-order valence-electron chi connectivity index (χ0n) is 10.8. The van der Waals surface area contributed by atoms with Gasteiger partial charge >= 0.3 is 0 Å². The minimum atomic E-state index is 0.589. The van der Waals surface area contributed by atoms with Gasteiger partial charge in [-0.15, -0.1) is 0 Å². The second-order valence-corrected chi connectivity index (χ2v) is 4.25. The van der Waals surface area contributed by atoms with Crippen molar-refractivity contribution in [2.24, 2.45) is 5.92 Å². The number of hydrogen-bond donors (Lipinski definition) is 1. The van der Waals surface area contributed by atoms with Gasteiger partial charge in [-0.3, -0.25) is 4.68 Å². The third-order valence-corrected chi connectivity index (χ3v) is 2.66. The number of ether oxygens (including phenoxy) is 1. The second kappa shape index (κ2) is 6.53. The average Bonchev–Trinajstić information content (AvgIpc) is 2.62. The predicted molar refractivity (Wildman–Crippen MR) is 65.9 cm³/mol. The molecule has 1 atom stereocenters. The van der Waals surface area contributed by atoms with E-state index in [4.69, 9.17) is 4.74 Å². The van der Waals surface area contributed by atoms with Crippen molar-refractivity contribution in [2.75, 3.05) is 20.7 Å². The molecule has 0 aromatic carbocycles. The number of nitrogens with one attached hydrogen (secondary N) is 1. The Kier molecular flexibility index (Phi) is 5.32. The van der Waals surface area contributed by atoms with Gasteiger partial charge in [-0.25, -0.2) is 0 Å². The molecule has 4 nitrogen and oxygen atoms in total. The number of aromatic nitrogens is 2. The van der Waals surface area contributed by atoms with E-state index >= 15 is 0 Å². The van der Waals surface area contributed by atoms with Crippen molar-refractivity contribution in [1.82, 2.24) is 15.1 Å². The maximum Gasteiger partial charge on any atom is 0.159 e. The van der Waals surface area contributed by atoms with Gasteiger partial charge in [0.05, 0.1) is 19.0 Å². The Bertz CT molecular complexity index is 309. The molecule has 92 valence electrons. The first-order valence-electron chi connectivity index (χ1n) is 5.96. The second-order valence-electron chi connectivity index (χ2n) is 4.25. The summed E-state index contributed by atoms with van der Waals surface area (Å²) in [5.74, 6) is 1.50. The number of aryl methyl sites for hydroxylation is 1. The third kappa shape index (κ3) is 3.23. The number of methoxy groups -OCH3 is 1. The average molecular weight is 225 g/mol. The lowest BCUT2D eigenvalue weighted by atomic mass is 10.1. The molecule has 1 unspecified atom stereocenters. The van der Waals surface area contributed by atoms with Crippen LogP contribution in [0.1, 0.15) is 26.0 Å². The molecule has 1 N–H and O–H groups in total. The van der Waals surface area contributed by atoms with Crippen LogP contribution in [0.2, 0.25) is 0 Å². The van der Waals surface area contributed by atoms with Crippen molar-refractivity contribution < 1.29 is 4.74 Å². The van der Waals surface area contributed by atoms with Gasteiger partial charge in [0.25, 0.3) is 0 Å². The van der Waals surface area contributed by atoms with Gasteiger partial charge in [0.15, 0.2) is 5.75 Å². The molecular formula is C12H23N3O. The lowest BCUT2D eigenvalue weighted by molar-refractivity contribution is 0.399. The number of hydrogen-bond acceptors (Lipinski definition) is 3. The van der Waals surface area contributed by atoms with Crippen molar-refractivity contribution in [3.63, 3.8) is 0 Å². The van der Waals surface area contributed by atoms with E-state index in [-0.39, 0.29) is 0 Å². The van der Waals surface area contributed by atoms with E-state index in [1.807, 2.05) is 13.2 Å². The van der Waals surface area contributed by atoms with E-state index in [1.165, 1.54) is 5.69 Å². The monoisotopic (exact) mass is 225 g/mol. The fourth-order valence-electron chi connectivity index (χ4n) is 1.93. The predicted octanol–water partition coefficient (Wildman–Crippen LogP) is 1.70. The fraction of sp³-hybridized carbons (Fsp3) is 0.750. The summed E-state index contributed by atoms with van der Waals surface area (Å²) in [5, 5.41) is 7.56. The molecule has 1 aromatic heterocycles. The molecule has 4 heteroatoms. The van der Waals surface area contributed by atoms with Crippen LogP contribution in [0.3, 0.4) is 0 Å². The van der Waals surface area contributed by atoms with Crippen molar-refractivity contribution in [3.05, 3.63) is 11.9 Å². The van der Waals surface area contributed by atoms with Crippen molar-refractivity contribution in [2.45, 2.75) is 33.2 Å². The molecule has 0 radical (unpaired) electrons. The van der Waals surface area contributed by atoms with Gasteiger partial charge in [-0.05, 0) is 32.4 Å². The minimum Gasteiger partial charge on any atom is -0.493 e. The molecule has 0 spiro atoms. The number of nitrogens with zero attached hydrogens (tertiary/aromatic N) is 2. The highest BCUT2D eigenvalue weighted by atomic mass is 16.5. The maximum atomic E-state index is 5.35. The third-order valence-electron chi connectivity index (χ3n) is 2.66. The summed E-state index contributed by atoms with van der Waals surface area (Å²) in [6.45, 7) is 6.37. The first-order valence-corrected chi connectivity index (χ1v) is 5.96. The Labute approximate surface area is 98.0 Å². The van der Waals surface area contributed by atoms with Crippen LogP contribution >= 0.6 is 0 Å². The lowest BCUT2D eigenvalue weighted by Gasteiger charge is -2.13. The molecule has 0 aliphatic carbocycles. The van der Waals surface area contributed by atoms with Gasteiger partial charge in [0.2, 0.25) is 0 Å². The Balaban J connectivity index is 2.77. The van der Waals surface area contributed by atoms with Crippen molar-refractivity contribution in [1.29, 1.82) is 0 Å². The Morgan fingerprint density at radius 2 is 2.31 bits per heavy atom. The highest BCUT2D eigenvalue weighted by molar-refractivity contribution is 5.25. The molecule has 1 aromatic rings. The first-order chi connectivity index (χ1) is 7.72. The van der Waals surface area contributed by atoms with E-state index in [9.17, 15) is 0 Å². The van der Waals surface area contributed by atoms with Crippen LogP contribution in [0.5, 0.6) is 5.75 Å². The summed E-state index contributed by atoms with van der Waals surface area (Å²) in [4.78, 5) is 0. The van der Waals surface area contributed by atoms with Gasteiger partial charge in [0, 0.05) is 6.54 Å². The van der Waals surface area contributed by atoms with Crippen LogP contribution in [0.25, 0.3) is 0 Å². The van der Waals surface area contributed by atoms with Crippen LogP contribution in [-0.2, 0) is 13.0 Å². The summed E-state index contributed by atoms with van der Waals surface area (Å²) >= 11 is 0. The molecule has 0 aliphatic heterocycles. The van der Waals surface area contributed by atoms with Gasteiger partial charge in [-0.1, -0.05) is 13.8 Å². The van der Waals surface area contributed by atoms with Gasteiger partial charge in [-0.2, -0.15) is 5.10 Å². The first kappa shape index (κ1) is 13.0. The number of rotatable bonds is 7. The van der Waals surface area contributed by atoms with Gasteiger partial charge in [0.1, 0.15) is 0 Å². The van der Waals surface area contributed by atoms with E-state index in [0.717, 1.165) is 31.7 Å². The fourth-order valence-corrected chi connectivity index (χ4v) is 1.93. The van der Waals surface area contributed by atoms with Crippen LogP contribution in [0.4, 0.5) is 0 Å². The van der Waals surface area contributed by atoms with E-state index in [2.05, 4.69) is 28.9 Å². The summed E-state index contributed by atoms with van der Waals surface area (Å²) in [6, 6.07) is 0. The largest absolute Gasteiger partial charge is 0.493 e. The van der Waals surface area contributed by atoms with E-state index in [0.29, 0.717) is 5.92 Å². The quantitative estimate of drug-likeness (QED) is 0.767. The van der Waals surface area contributed by atoms with Crippen LogP contribution < -0.4 is 10.1 Å². The molecule has 0 saturated heterocycles. The molecule has 0 amide bonds. The topological polar surface area (TPSA) is 39.1 Å². The zero-order chi connectivity index (χ0) is 12.0. The maximum absolute atomic E-state index is 5.35. The molecule has 1 rings (SSSR count). The normalized spacial score (nSPS) is 12.8. The SMILES string of the molecule is CCCn1ncc(OC)c1CC(C)CNC. The molecule has 16 heavy (non-hydrogen) atoms. The molecule has 0 bridgehead atoms. The van der Waals surface area contributed by atoms with Crippen molar-refractivity contribution in [3.8, 4) is 5.75 Å². The van der Waals surface area contributed by atoms with Crippen LogP contribution in [0, 0.1) is 5.92 Å². The minimum absolute atomic E-state index is 0.589. The highest BCUT2D eigenvalue weighted by Crippen LogP contribution is 2.21. The Hall–Kier alpha value is -1.03. The van der Waals surface area contributed by atoms with E-state index in [1.54, 1.807) is 7.11 Å². The summed E-state index contributed by atoms with van der Waals surface area (Å²) < 4.78 is 7.41. The standard InChI is InChI=1S/C12H23N3O/c1-5-6-15-11(7-10(2)8-13-3)12(16-4)9-14-15/h9-10,13H,5-8H2,1-4H3. The zero-order valence-corrected chi connectivity index (χ0v) is 10.8. The Morgan fingerprint density at radius 3 is 2.88 bits per heavy atom. The highest BCUT2D eigenvalue weighted by Gasteiger charge is 2.13. The summed E-state index contributed by atoms with van der Waals surface area (Å²) in [7, 11) is 3.69. The molecule has 0 aliphatic rings. The summed E-state index contributed by atoms with van der Waals surface area (Å²) in [6.07, 6.45) is 3.92. The molecule has 1 heterocycles. The molecular weight excluding hydrogens is 202 g/mol. The van der Waals surface area contributed by atoms with Crippen molar-refractivity contribution >= 4 is 0 Å². The lowest BCUT2D eigenvalue weighted by Crippen LogP contribution is -2.19. The van der Waals surface area contributed by atoms with Crippen LogP contribution in [-0.4, -0.2) is 30.5 Å². The molecule has 0 fully saturated rings. The van der Waals surface area contributed by atoms with E-state index < -0.39 is 0 Å². The molecule has 0 saturated carbocycles.